The number of halogens is 4. The molecule has 4 aliphatic rings. The van der Waals surface area contributed by atoms with Gasteiger partial charge < -0.3 is 60.0 Å². The quantitative estimate of drug-likeness (QED) is 0.266. The number of hydrogen-bond acceptors (Lipinski definition) is 12. The van der Waals surface area contributed by atoms with E-state index >= 15 is 19.2 Å². The highest BCUT2D eigenvalue weighted by Gasteiger charge is 2.51. The zero-order valence-electron chi connectivity index (χ0n) is 60.1. The van der Waals surface area contributed by atoms with E-state index < -0.39 is 173 Å². The second-order valence-electron chi connectivity index (χ2n) is 28.5. The fourth-order valence-electron chi connectivity index (χ4n) is 13.8. The fraction of sp³-hybridized carbons (Fsp3) is 0.662. The molecule has 4 fully saturated rings. The highest BCUT2D eigenvalue weighted by molar-refractivity contribution is 6.31. The Hall–Kier alpha value is -7.84. The molecule has 0 radical (unpaired) electrons. The van der Waals surface area contributed by atoms with Crippen LogP contribution in [-0.4, -0.2) is 251 Å². The summed E-state index contributed by atoms with van der Waals surface area (Å²) in [6.45, 7) is 11.5. The van der Waals surface area contributed by atoms with Crippen LogP contribution in [0, 0.1) is 24.7 Å². The molecule has 28 heteroatoms. The molecule has 0 bridgehead atoms. The summed E-state index contributed by atoms with van der Waals surface area (Å²) in [6, 6.07) is 1.24. The number of hydrogen-bond donors (Lipinski definition) is 3. The number of carbonyl (C=O) groups excluding carboxylic acids is 12. The Morgan fingerprint density at radius 3 is 1.82 bits per heavy atom. The van der Waals surface area contributed by atoms with E-state index in [0.717, 1.165) is 43.7 Å². The van der Waals surface area contributed by atoms with Crippen molar-refractivity contribution in [1.29, 1.82) is 0 Å². The number of carbonyl (C=O) groups is 12. The van der Waals surface area contributed by atoms with Crippen LogP contribution < -0.4 is 16.0 Å². The zero-order chi connectivity index (χ0) is 73.7. The van der Waals surface area contributed by atoms with Crippen LogP contribution in [0.1, 0.15) is 147 Å². The number of alkyl halides is 3. The number of piperidine rings is 1. The van der Waals surface area contributed by atoms with Gasteiger partial charge in [-0.2, -0.15) is 13.2 Å². The van der Waals surface area contributed by atoms with Gasteiger partial charge in [-0.3, -0.25) is 57.5 Å². The lowest BCUT2D eigenvalue weighted by molar-refractivity contribution is -0.156. The van der Waals surface area contributed by atoms with Gasteiger partial charge in [0.1, 0.15) is 47.8 Å². The Kier molecular flexibility index (Phi) is 28.3. The summed E-state index contributed by atoms with van der Waals surface area (Å²) >= 11 is 6.14. The maximum absolute atomic E-state index is 15.4. The van der Waals surface area contributed by atoms with Gasteiger partial charge in [-0.05, 0) is 112 Å². The van der Waals surface area contributed by atoms with E-state index in [4.69, 9.17) is 11.6 Å². The minimum Gasteiger partial charge on any atom is -0.343 e. The van der Waals surface area contributed by atoms with Crippen LogP contribution in [0.3, 0.4) is 0 Å². The standard InChI is InChI=1S/C71H104ClF3N12O12/c1-15-46(7)60-67(97)81(10)41-58(90)79(8)42-59(91)83(12)54(38-48-25-23-45(6)24-26-48)65(95)80(9)40-56(88)76-51(30-28-47-27-29-49(50(72)37-47)71(73,74)75)64(94)87-35-21-22-52(87)63(93)78-70(31-17-18-32-70)69(99)85(14)61(44(4)5)68(98)84(13)55(66(96)86-33-19-16-20-34-86)39-57(89)82(11)53(36-43(2)3)62(92)77-60/h23-27,29,37,43-44,46,51-55,60-61H,15-22,28,30-36,38-42H2,1-14H3,(H,76,88)(H,77,92)(H,78,93)/t46-,51-,52?,53-,54-,55-,60-,61-/m0/s1. The summed E-state index contributed by atoms with van der Waals surface area (Å²) in [5, 5.41) is 8.03. The van der Waals surface area contributed by atoms with Crippen molar-refractivity contribution in [3.05, 3.63) is 69.7 Å². The van der Waals surface area contributed by atoms with Crippen molar-refractivity contribution < 1.29 is 70.7 Å². The molecule has 3 aliphatic heterocycles. The molecule has 3 saturated heterocycles. The maximum atomic E-state index is 15.4. The van der Waals surface area contributed by atoms with Crippen molar-refractivity contribution in [3.63, 3.8) is 0 Å². The van der Waals surface area contributed by atoms with Crippen molar-refractivity contribution in [3.8, 4) is 0 Å². The lowest BCUT2D eigenvalue weighted by atomic mass is 9.91. The van der Waals surface area contributed by atoms with Crippen LogP contribution in [0.25, 0.3) is 0 Å². The predicted molar refractivity (Wildman–Crippen MR) is 366 cm³/mol. The van der Waals surface area contributed by atoms with Crippen molar-refractivity contribution in [1.82, 2.24) is 60.0 Å². The molecule has 2 aromatic carbocycles. The average Bonchev–Trinajstić information content (AvgIpc) is 1.77. The molecule has 1 saturated carbocycles. The number of benzene rings is 2. The zero-order valence-corrected chi connectivity index (χ0v) is 60.9. The third-order valence-electron chi connectivity index (χ3n) is 20.2. The van der Waals surface area contributed by atoms with Crippen molar-refractivity contribution in [2.45, 2.75) is 199 Å². The van der Waals surface area contributed by atoms with E-state index in [1.54, 1.807) is 37.8 Å². The molecule has 0 aromatic heterocycles. The first kappa shape index (κ1) is 80.1. The number of fused-ring (bicyclic) bond motifs is 1. The molecule has 6 rings (SSSR count). The van der Waals surface area contributed by atoms with Gasteiger partial charge in [0, 0.05) is 75.4 Å². The summed E-state index contributed by atoms with van der Waals surface area (Å²) < 4.78 is 41.5. The van der Waals surface area contributed by atoms with Crippen LogP contribution in [0.5, 0.6) is 0 Å². The molecule has 1 spiro atoms. The largest absolute Gasteiger partial charge is 0.417 e. The molecule has 1 unspecified atom stereocenters. The monoisotopic (exact) mass is 1410 g/mol. The molecule has 24 nitrogen and oxygen atoms in total. The number of nitrogens with one attached hydrogen (secondary N) is 3. The van der Waals surface area contributed by atoms with Crippen molar-refractivity contribution in [2.24, 2.45) is 17.8 Å². The summed E-state index contributed by atoms with van der Waals surface area (Å²) in [7, 11) is 9.67. The third kappa shape index (κ3) is 20.2. The maximum Gasteiger partial charge on any atom is 0.417 e. The first-order valence-electron chi connectivity index (χ1n) is 34.6. The molecule has 1 aliphatic carbocycles. The van der Waals surface area contributed by atoms with E-state index in [0.29, 0.717) is 57.2 Å². The molecule has 3 heterocycles. The molecule has 548 valence electrons. The Morgan fingerprint density at radius 1 is 0.636 bits per heavy atom. The van der Waals surface area contributed by atoms with E-state index in [9.17, 15) is 51.5 Å². The Balaban J connectivity index is 1.43. The summed E-state index contributed by atoms with van der Waals surface area (Å²) in [6.07, 6.45) is -1.30. The highest BCUT2D eigenvalue weighted by atomic mass is 35.5. The fourth-order valence-corrected chi connectivity index (χ4v) is 14.1. The van der Waals surface area contributed by atoms with E-state index in [1.807, 2.05) is 39.8 Å². The van der Waals surface area contributed by atoms with Gasteiger partial charge in [0.2, 0.25) is 70.9 Å². The normalized spacial score (nSPS) is 24.9. The molecule has 3 N–H and O–H groups in total. The first-order valence-corrected chi connectivity index (χ1v) is 35.0. The molecule has 2 aromatic rings. The molecular formula is C71H104ClF3N12O12. The van der Waals surface area contributed by atoms with Crippen LogP contribution in [0.2, 0.25) is 5.02 Å². The van der Waals surface area contributed by atoms with Crippen LogP contribution >= 0.6 is 11.6 Å². The highest BCUT2D eigenvalue weighted by Crippen LogP contribution is 2.37. The summed E-state index contributed by atoms with van der Waals surface area (Å²) in [5.74, 6) is -9.52. The number of nitrogens with zero attached hydrogens (tertiary/aromatic N) is 9. The topological polar surface area (TPSA) is 270 Å². The third-order valence-corrected chi connectivity index (χ3v) is 20.5. The molecular weight excluding hydrogens is 1310 g/mol. The van der Waals surface area contributed by atoms with Crippen LogP contribution in [0.4, 0.5) is 13.2 Å². The molecule has 12 amide bonds. The van der Waals surface area contributed by atoms with Gasteiger partial charge >= 0.3 is 6.18 Å². The predicted octanol–water partition coefficient (Wildman–Crippen LogP) is 5.08. The molecule has 99 heavy (non-hydrogen) atoms. The van der Waals surface area contributed by atoms with E-state index in [2.05, 4.69) is 16.0 Å². The number of likely N-dealkylation sites (tertiary alicyclic amines) is 1. The first-order chi connectivity index (χ1) is 46.4. The Morgan fingerprint density at radius 2 is 1.23 bits per heavy atom. The van der Waals surface area contributed by atoms with Gasteiger partial charge in [-0.1, -0.05) is 108 Å². The van der Waals surface area contributed by atoms with Gasteiger partial charge in [-0.15, -0.1) is 0 Å². The Bertz CT molecular complexity index is 3270. The number of aryl methyl sites for hydroxylation is 2. The summed E-state index contributed by atoms with van der Waals surface area (Å²) in [4.78, 5) is 189. The minimum absolute atomic E-state index is 0.0153. The van der Waals surface area contributed by atoms with E-state index in [-0.39, 0.29) is 63.0 Å². The van der Waals surface area contributed by atoms with Crippen molar-refractivity contribution in [2.75, 3.05) is 88.6 Å². The molecule has 8 atom stereocenters. The van der Waals surface area contributed by atoms with Gasteiger partial charge in [0.25, 0.3) is 0 Å². The SMILES string of the molecule is CC[C@H](C)[C@@H]1NC(=O)[C@H](CC(C)C)N(C)C(=O)C[C@@H](C(=O)N2CCCCC2)N(C)C(=O)[C@H](C(C)C)N(C)C(=O)C2(CCCC2)NC(=O)C2CCCN2C(=O)[C@H](CCc2ccc(C(F)(F)F)c(Cl)c2)NC(=O)CN(C)C(=O)[C@H](Cc2ccc(C)cc2)N(C)C(=O)CN(C)C(=O)CN(C)C1=O. The minimum atomic E-state index is -4.77. The number of amides is 12. The van der Waals surface area contributed by atoms with Gasteiger partial charge in [0.05, 0.1) is 36.6 Å². The smallest absolute Gasteiger partial charge is 0.343 e. The van der Waals surface area contributed by atoms with Crippen LogP contribution in [-0.2, 0) is 76.6 Å². The lowest BCUT2D eigenvalue weighted by Crippen LogP contribution is -2.65. The lowest BCUT2D eigenvalue weighted by Gasteiger charge is -2.42. The second kappa shape index (κ2) is 35.0. The Labute approximate surface area is 585 Å². The summed E-state index contributed by atoms with van der Waals surface area (Å²) in [5.41, 5.74) is -0.851. The second-order valence-corrected chi connectivity index (χ2v) is 28.9. The van der Waals surface area contributed by atoms with Crippen LogP contribution in [0.15, 0.2) is 42.5 Å². The van der Waals surface area contributed by atoms with Gasteiger partial charge in [-0.25, -0.2) is 0 Å². The van der Waals surface area contributed by atoms with E-state index in [1.165, 1.54) is 75.0 Å². The van der Waals surface area contributed by atoms with Gasteiger partial charge in [0.15, 0.2) is 0 Å². The number of likely N-dealkylation sites (N-methyl/N-ethyl adjacent to an activating group) is 7. The van der Waals surface area contributed by atoms with Crippen molar-refractivity contribution >= 4 is 82.5 Å². The average molecular weight is 1410 g/mol. The number of rotatable bonds is 11.